The van der Waals surface area contributed by atoms with E-state index < -0.39 is 0 Å². The van der Waals surface area contributed by atoms with Gasteiger partial charge in [0.15, 0.2) is 0 Å². The van der Waals surface area contributed by atoms with E-state index in [9.17, 15) is 4.79 Å². The molecule has 25 heavy (non-hydrogen) atoms. The summed E-state index contributed by atoms with van der Waals surface area (Å²) < 4.78 is 0. The first-order chi connectivity index (χ1) is 12.1. The lowest BCUT2D eigenvalue weighted by Crippen LogP contribution is -2.20. The molecule has 0 atom stereocenters. The summed E-state index contributed by atoms with van der Waals surface area (Å²) in [6.07, 6.45) is 3.35. The maximum Gasteiger partial charge on any atom is 0.271 e. The molecule has 2 aromatic carbocycles. The van der Waals surface area contributed by atoms with Gasteiger partial charge in [-0.1, -0.05) is 53.5 Å². The Morgan fingerprint density at radius 2 is 1.52 bits per heavy atom. The van der Waals surface area contributed by atoms with Crippen LogP contribution in [0.15, 0.2) is 78.2 Å². The highest BCUT2D eigenvalue weighted by molar-refractivity contribution is 6.42. The maximum absolute atomic E-state index is 12.3. The van der Waals surface area contributed by atoms with Crippen molar-refractivity contribution in [3.05, 3.63) is 99.8 Å². The average Bonchev–Trinajstić information content (AvgIpc) is 2.66. The summed E-state index contributed by atoms with van der Waals surface area (Å²) in [6, 6.07) is 17.9. The zero-order chi connectivity index (χ0) is 17.6. The van der Waals surface area contributed by atoms with Crippen LogP contribution in [0.5, 0.6) is 0 Å². The van der Waals surface area contributed by atoms with Crippen molar-refractivity contribution in [3.8, 4) is 0 Å². The molecule has 0 aliphatic heterocycles. The van der Waals surface area contributed by atoms with Crippen LogP contribution in [0.3, 0.4) is 0 Å². The largest absolute Gasteiger partial charge is 0.271 e. The molecule has 1 heterocycles. The quantitative estimate of drug-likeness (QED) is 0.540. The molecule has 0 bridgehead atoms. The zero-order valence-electron chi connectivity index (χ0n) is 13.0. The summed E-state index contributed by atoms with van der Waals surface area (Å²) >= 11 is 11.8. The van der Waals surface area contributed by atoms with E-state index in [1.54, 1.807) is 24.5 Å². The number of carbonyl (C=O) groups is 1. The summed E-state index contributed by atoms with van der Waals surface area (Å²) in [4.78, 5) is 16.4. The molecule has 1 amide bonds. The number of hydrogen-bond acceptors (Lipinski definition) is 3. The van der Waals surface area contributed by atoms with Gasteiger partial charge in [-0.25, -0.2) is 5.43 Å². The molecule has 0 radical (unpaired) electrons. The van der Waals surface area contributed by atoms with Gasteiger partial charge in [-0.3, -0.25) is 9.78 Å². The van der Waals surface area contributed by atoms with Crippen molar-refractivity contribution in [2.75, 3.05) is 0 Å². The third kappa shape index (κ3) is 4.24. The molecule has 0 spiro atoms. The number of amides is 1. The van der Waals surface area contributed by atoms with Crippen LogP contribution < -0.4 is 5.43 Å². The van der Waals surface area contributed by atoms with Crippen molar-refractivity contribution in [1.29, 1.82) is 0 Å². The smallest absolute Gasteiger partial charge is 0.267 e. The SMILES string of the molecule is O=C(NN=C(c1ccccc1)c1ccncc1)c1ccc(Cl)c(Cl)c1. The van der Waals surface area contributed by atoms with E-state index in [4.69, 9.17) is 23.2 Å². The van der Waals surface area contributed by atoms with Gasteiger partial charge in [0.1, 0.15) is 0 Å². The molecule has 3 rings (SSSR count). The number of rotatable bonds is 4. The molecule has 4 nitrogen and oxygen atoms in total. The van der Waals surface area contributed by atoms with Gasteiger partial charge in [0.2, 0.25) is 0 Å². The normalized spacial score (nSPS) is 11.2. The van der Waals surface area contributed by atoms with Gasteiger partial charge in [-0.05, 0) is 30.3 Å². The first-order valence-corrected chi connectivity index (χ1v) is 8.19. The molecule has 1 aromatic heterocycles. The standard InChI is InChI=1S/C19H13Cl2N3O/c20-16-7-6-15(12-17(16)21)19(25)24-23-18(13-4-2-1-3-5-13)14-8-10-22-11-9-14/h1-12H,(H,24,25). The van der Waals surface area contributed by atoms with Crippen LogP contribution in [-0.4, -0.2) is 16.6 Å². The molecule has 6 heteroatoms. The van der Waals surface area contributed by atoms with Crippen molar-refractivity contribution in [1.82, 2.24) is 10.4 Å². The predicted molar refractivity (Wildman–Crippen MR) is 100 cm³/mol. The number of nitrogens with zero attached hydrogens (tertiary/aromatic N) is 2. The van der Waals surface area contributed by atoms with Crippen molar-refractivity contribution in [2.24, 2.45) is 5.10 Å². The van der Waals surface area contributed by atoms with E-state index in [1.807, 2.05) is 42.5 Å². The number of aromatic nitrogens is 1. The van der Waals surface area contributed by atoms with E-state index in [2.05, 4.69) is 15.5 Å². The fraction of sp³-hybridized carbons (Fsp3) is 0. The van der Waals surface area contributed by atoms with Crippen LogP contribution >= 0.6 is 23.2 Å². The monoisotopic (exact) mass is 369 g/mol. The molecular weight excluding hydrogens is 357 g/mol. The highest BCUT2D eigenvalue weighted by Crippen LogP contribution is 2.22. The topological polar surface area (TPSA) is 54.4 Å². The van der Waals surface area contributed by atoms with E-state index in [0.29, 0.717) is 21.3 Å². The minimum absolute atomic E-state index is 0.315. The summed E-state index contributed by atoms with van der Waals surface area (Å²) in [5.41, 5.74) is 5.30. The molecule has 0 saturated heterocycles. The first kappa shape index (κ1) is 17.1. The number of nitrogens with one attached hydrogen (secondary N) is 1. The average molecular weight is 370 g/mol. The highest BCUT2D eigenvalue weighted by Gasteiger charge is 2.10. The van der Waals surface area contributed by atoms with Crippen molar-refractivity contribution in [2.45, 2.75) is 0 Å². The second-order valence-corrected chi connectivity index (χ2v) is 5.95. The van der Waals surface area contributed by atoms with Gasteiger partial charge in [0.25, 0.3) is 5.91 Å². The van der Waals surface area contributed by atoms with E-state index >= 15 is 0 Å². The number of benzene rings is 2. The van der Waals surface area contributed by atoms with E-state index in [0.717, 1.165) is 11.1 Å². The van der Waals surface area contributed by atoms with E-state index in [-0.39, 0.29) is 5.91 Å². The minimum Gasteiger partial charge on any atom is -0.267 e. The van der Waals surface area contributed by atoms with Crippen LogP contribution in [0, 0.1) is 0 Å². The predicted octanol–water partition coefficient (Wildman–Crippen LogP) is 4.57. The second kappa shape index (κ2) is 7.92. The Hall–Kier alpha value is -2.69. The third-order valence-corrected chi connectivity index (χ3v) is 4.19. The minimum atomic E-state index is -0.374. The lowest BCUT2D eigenvalue weighted by Gasteiger charge is -2.08. The molecular formula is C19H13Cl2N3O. The molecule has 0 saturated carbocycles. The fourth-order valence-electron chi connectivity index (χ4n) is 2.21. The summed E-state index contributed by atoms with van der Waals surface area (Å²) in [5, 5.41) is 5.01. The second-order valence-electron chi connectivity index (χ2n) is 5.13. The summed E-state index contributed by atoms with van der Waals surface area (Å²) in [7, 11) is 0. The number of hydrogen-bond donors (Lipinski definition) is 1. The Morgan fingerprint density at radius 3 is 2.20 bits per heavy atom. The molecule has 0 unspecified atom stereocenters. The van der Waals surface area contributed by atoms with Crippen molar-refractivity contribution < 1.29 is 4.79 Å². The number of halogens is 2. The third-order valence-electron chi connectivity index (χ3n) is 3.45. The van der Waals surface area contributed by atoms with Gasteiger partial charge in [-0.15, -0.1) is 0 Å². The summed E-state index contributed by atoms with van der Waals surface area (Å²) in [5.74, 6) is -0.374. The summed E-state index contributed by atoms with van der Waals surface area (Å²) in [6.45, 7) is 0. The Labute approximate surface area is 155 Å². The number of carbonyl (C=O) groups excluding carboxylic acids is 1. The Balaban J connectivity index is 1.91. The molecule has 0 fully saturated rings. The maximum atomic E-state index is 12.3. The molecule has 124 valence electrons. The van der Waals surface area contributed by atoms with Crippen molar-refractivity contribution >= 4 is 34.8 Å². The molecule has 0 aliphatic carbocycles. The molecule has 3 aromatic rings. The number of pyridine rings is 1. The number of hydrazone groups is 1. The Morgan fingerprint density at radius 1 is 0.840 bits per heavy atom. The van der Waals surface area contributed by atoms with Gasteiger partial charge in [-0.2, -0.15) is 5.10 Å². The van der Waals surface area contributed by atoms with Crippen LogP contribution in [-0.2, 0) is 0 Å². The molecule has 1 N–H and O–H groups in total. The Kier molecular flexibility index (Phi) is 5.43. The van der Waals surface area contributed by atoms with Crippen LogP contribution in [0.2, 0.25) is 10.0 Å². The van der Waals surface area contributed by atoms with E-state index in [1.165, 1.54) is 6.07 Å². The fourth-order valence-corrected chi connectivity index (χ4v) is 2.51. The van der Waals surface area contributed by atoms with Gasteiger partial charge >= 0.3 is 0 Å². The lowest BCUT2D eigenvalue weighted by atomic mass is 10.0. The Bertz CT molecular complexity index is 871. The zero-order valence-corrected chi connectivity index (χ0v) is 14.5. The lowest BCUT2D eigenvalue weighted by molar-refractivity contribution is 0.0955. The van der Waals surface area contributed by atoms with Crippen LogP contribution in [0.4, 0.5) is 0 Å². The van der Waals surface area contributed by atoms with Crippen LogP contribution in [0.1, 0.15) is 21.5 Å². The van der Waals surface area contributed by atoms with Gasteiger partial charge in [0.05, 0.1) is 15.8 Å². The molecule has 0 aliphatic rings. The van der Waals surface area contributed by atoms with Crippen LogP contribution in [0.25, 0.3) is 0 Å². The first-order valence-electron chi connectivity index (χ1n) is 7.44. The van der Waals surface area contributed by atoms with Crippen molar-refractivity contribution in [3.63, 3.8) is 0 Å². The highest BCUT2D eigenvalue weighted by atomic mass is 35.5. The van der Waals surface area contributed by atoms with Gasteiger partial charge in [0, 0.05) is 29.1 Å². The van der Waals surface area contributed by atoms with Gasteiger partial charge < -0.3 is 0 Å².